The van der Waals surface area contributed by atoms with Crippen LogP contribution in [0.5, 0.6) is 0 Å². The molecule has 0 aliphatic heterocycles. The van der Waals surface area contributed by atoms with Crippen LogP contribution in [0.3, 0.4) is 0 Å². The Bertz CT molecular complexity index is 892. The molecule has 0 aliphatic carbocycles. The van der Waals surface area contributed by atoms with Crippen LogP contribution in [0.15, 0.2) is 65.8 Å². The van der Waals surface area contributed by atoms with Gasteiger partial charge in [-0.2, -0.15) is 5.10 Å². The summed E-state index contributed by atoms with van der Waals surface area (Å²) in [5.41, 5.74) is 0.508. The number of carbonyl (C=O) groups excluding carboxylic acids is 1. The molecule has 3 rings (SSSR count). The molecule has 0 spiro atoms. The highest BCUT2D eigenvalue weighted by Gasteiger charge is 2.13. The van der Waals surface area contributed by atoms with Crippen LogP contribution in [-0.4, -0.2) is 20.7 Å². The second-order valence-corrected chi connectivity index (χ2v) is 5.08. The Hall–Kier alpha value is -2.99. The normalized spacial score (nSPS) is 10.3. The van der Waals surface area contributed by atoms with Crippen LogP contribution in [0, 0.1) is 0 Å². The van der Waals surface area contributed by atoms with Crippen LogP contribution in [0.2, 0.25) is 5.02 Å². The van der Waals surface area contributed by atoms with Crippen molar-refractivity contribution in [3.05, 3.63) is 82.0 Å². The third-order valence-corrected chi connectivity index (χ3v) is 3.29. The van der Waals surface area contributed by atoms with Crippen LogP contribution in [-0.2, 0) is 0 Å². The van der Waals surface area contributed by atoms with Crippen molar-refractivity contribution in [3.8, 4) is 5.69 Å². The van der Waals surface area contributed by atoms with E-state index in [0.29, 0.717) is 16.4 Å². The van der Waals surface area contributed by atoms with Gasteiger partial charge in [0, 0.05) is 23.5 Å². The summed E-state index contributed by atoms with van der Waals surface area (Å²) in [5, 5.41) is 7.27. The number of hydrogen-bond donors (Lipinski definition) is 1. The first kappa shape index (κ1) is 14.9. The highest BCUT2D eigenvalue weighted by Crippen LogP contribution is 2.12. The SMILES string of the molecule is O=C(Nc1cccnc1)c1nn(-c2ccc(Cl)cc2)ccc1=O. The van der Waals surface area contributed by atoms with Gasteiger partial charge in [0.05, 0.1) is 17.6 Å². The van der Waals surface area contributed by atoms with Gasteiger partial charge in [0.2, 0.25) is 5.43 Å². The molecule has 1 N–H and O–H groups in total. The lowest BCUT2D eigenvalue weighted by Gasteiger charge is -2.08. The van der Waals surface area contributed by atoms with Gasteiger partial charge in [-0.05, 0) is 36.4 Å². The summed E-state index contributed by atoms with van der Waals surface area (Å²) in [6.07, 6.45) is 4.56. The molecule has 0 radical (unpaired) electrons. The number of anilines is 1. The second-order valence-electron chi connectivity index (χ2n) is 4.65. The molecule has 0 saturated carbocycles. The van der Waals surface area contributed by atoms with Crippen molar-refractivity contribution in [2.75, 3.05) is 5.32 Å². The minimum Gasteiger partial charge on any atom is -0.319 e. The summed E-state index contributed by atoms with van der Waals surface area (Å²) in [6, 6.07) is 11.5. The van der Waals surface area contributed by atoms with Crippen molar-refractivity contribution in [2.24, 2.45) is 0 Å². The third kappa shape index (κ3) is 3.44. The minimum absolute atomic E-state index is 0.202. The molecule has 0 bridgehead atoms. The number of carbonyl (C=O) groups is 1. The zero-order chi connectivity index (χ0) is 16.2. The molecule has 2 heterocycles. The number of halogens is 1. The van der Waals surface area contributed by atoms with E-state index in [1.807, 2.05) is 0 Å². The van der Waals surface area contributed by atoms with Crippen molar-refractivity contribution in [1.29, 1.82) is 0 Å². The third-order valence-electron chi connectivity index (χ3n) is 3.03. The molecule has 6 nitrogen and oxygen atoms in total. The molecule has 0 unspecified atom stereocenters. The fourth-order valence-electron chi connectivity index (χ4n) is 1.93. The van der Waals surface area contributed by atoms with Crippen LogP contribution in [0.25, 0.3) is 5.69 Å². The van der Waals surface area contributed by atoms with E-state index in [9.17, 15) is 9.59 Å². The summed E-state index contributed by atoms with van der Waals surface area (Å²) in [7, 11) is 0. The average molecular weight is 327 g/mol. The molecule has 0 aliphatic rings. The fraction of sp³-hybridized carbons (Fsp3) is 0. The maximum atomic E-state index is 12.2. The van der Waals surface area contributed by atoms with Gasteiger partial charge in [0.25, 0.3) is 5.91 Å². The molecular weight excluding hydrogens is 316 g/mol. The monoisotopic (exact) mass is 326 g/mol. The summed E-state index contributed by atoms with van der Waals surface area (Å²) >= 11 is 5.85. The van der Waals surface area contributed by atoms with Crippen LogP contribution in [0.1, 0.15) is 10.5 Å². The van der Waals surface area contributed by atoms with Crippen molar-refractivity contribution < 1.29 is 4.79 Å². The second kappa shape index (κ2) is 6.41. The van der Waals surface area contributed by atoms with E-state index < -0.39 is 11.3 Å². The lowest BCUT2D eigenvalue weighted by atomic mass is 10.3. The van der Waals surface area contributed by atoms with Gasteiger partial charge >= 0.3 is 0 Å². The maximum Gasteiger partial charge on any atom is 0.280 e. The predicted molar refractivity (Wildman–Crippen MR) is 87.0 cm³/mol. The fourth-order valence-corrected chi connectivity index (χ4v) is 2.06. The molecule has 0 saturated heterocycles. The predicted octanol–water partition coefficient (Wildman–Crippen LogP) is 2.53. The number of benzene rings is 1. The van der Waals surface area contributed by atoms with E-state index in [1.165, 1.54) is 23.1 Å². The Balaban J connectivity index is 1.93. The van der Waals surface area contributed by atoms with Crippen molar-refractivity contribution >= 4 is 23.2 Å². The van der Waals surface area contributed by atoms with E-state index in [0.717, 1.165) is 0 Å². The number of amides is 1. The van der Waals surface area contributed by atoms with E-state index >= 15 is 0 Å². The molecule has 0 atom stereocenters. The summed E-state index contributed by atoms with van der Waals surface area (Å²) < 4.78 is 1.44. The van der Waals surface area contributed by atoms with E-state index in [1.54, 1.807) is 42.6 Å². The number of aromatic nitrogens is 3. The van der Waals surface area contributed by atoms with Crippen LogP contribution in [0.4, 0.5) is 5.69 Å². The molecule has 3 aromatic rings. The molecule has 114 valence electrons. The number of nitrogens with one attached hydrogen (secondary N) is 1. The van der Waals surface area contributed by atoms with Gasteiger partial charge in [-0.3, -0.25) is 14.6 Å². The standard InChI is InChI=1S/C16H11ClN4O2/c17-11-3-5-13(6-4-11)21-9-7-14(22)15(20-21)16(23)19-12-2-1-8-18-10-12/h1-10H,(H,19,23). The Morgan fingerprint density at radius 1 is 1.13 bits per heavy atom. The van der Waals surface area contributed by atoms with Gasteiger partial charge in [-0.1, -0.05) is 11.6 Å². The van der Waals surface area contributed by atoms with E-state index in [4.69, 9.17) is 11.6 Å². The Kier molecular flexibility index (Phi) is 4.16. The Morgan fingerprint density at radius 3 is 2.61 bits per heavy atom. The molecular formula is C16H11ClN4O2. The lowest BCUT2D eigenvalue weighted by molar-refractivity contribution is 0.101. The lowest BCUT2D eigenvalue weighted by Crippen LogP contribution is -2.25. The average Bonchev–Trinajstić information content (AvgIpc) is 2.57. The number of rotatable bonds is 3. The van der Waals surface area contributed by atoms with Gasteiger partial charge < -0.3 is 5.32 Å². The van der Waals surface area contributed by atoms with Gasteiger partial charge in [0.1, 0.15) is 0 Å². The first-order valence-corrected chi connectivity index (χ1v) is 7.08. The van der Waals surface area contributed by atoms with Crippen molar-refractivity contribution in [2.45, 2.75) is 0 Å². The smallest absolute Gasteiger partial charge is 0.280 e. The molecule has 2 aromatic heterocycles. The van der Waals surface area contributed by atoms with Gasteiger partial charge in [-0.15, -0.1) is 0 Å². The summed E-state index contributed by atoms with van der Waals surface area (Å²) in [6.45, 7) is 0. The van der Waals surface area contributed by atoms with Crippen molar-refractivity contribution in [1.82, 2.24) is 14.8 Å². The van der Waals surface area contributed by atoms with Crippen molar-refractivity contribution in [3.63, 3.8) is 0 Å². The first-order valence-electron chi connectivity index (χ1n) is 6.71. The Labute approximate surface area is 136 Å². The van der Waals surface area contributed by atoms with Gasteiger partial charge in [-0.25, -0.2) is 4.68 Å². The van der Waals surface area contributed by atoms with E-state index in [-0.39, 0.29) is 5.69 Å². The zero-order valence-electron chi connectivity index (χ0n) is 11.8. The molecule has 23 heavy (non-hydrogen) atoms. The number of pyridine rings is 1. The highest BCUT2D eigenvalue weighted by molar-refractivity contribution is 6.30. The number of hydrogen-bond acceptors (Lipinski definition) is 4. The molecule has 1 aromatic carbocycles. The Morgan fingerprint density at radius 2 is 1.91 bits per heavy atom. The van der Waals surface area contributed by atoms with Gasteiger partial charge in [0.15, 0.2) is 5.69 Å². The zero-order valence-corrected chi connectivity index (χ0v) is 12.6. The molecule has 0 fully saturated rings. The largest absolute Gasteiger partial charge is 0.319 e. The maximum absolute atomic E-state index is 12.2. The first-order chi connectivity index (χ1) is 11.1. The quantitative estimate of drug-likeness (QED) is 0.802. The number of nitrogens with zero attached hydrogens (tertiary/aromatic N) is 3. The van der Waals surface area contributed by atoms with E-state index in [2.05, 4.69) is 15.4 Å². The minimum atomic E-state index is -0.591. The summed E-state index contributed by atoms with van der Waals surface area (Å²) in [4.78, 5) is 28.0. The topological polar surface area (TPSA) is 76.9 Å². The van der Waals surface area contributed by atoms with Crippen LogP contribution < -0.4 is 10.7 Å². The molecule has 7 heteroatoms. The highest BCUT2D eigenvalue weighted by atomic mass is 35.5. The summed E-state index contributed by atoms with van der Waals surface area (Å²) in [5.74, 6) is -0.591. The molecule has 1 amide bonds. The van der Waals surface area contributed by atoms with Crippen LogP contribution >= 0.6 is 11.6 Å².